The number of benzene rings is 2. The summed E-state index contributed by atoms with van der Waals surface area (Å²) in [6, 6.07) is 14.2. The van der Waals surface area contributed by atoms with Crippen LogP contribution in [-0.4, -0.2) is 11.2 Å². The van der Waals surface area contributed by atoms with Crippen molar-refractivity contribution in [3.63, 3.8) is 0 Å². The molecule has 2 rings (SSSR count). The van der Waals surface area contributed by atoms with E-state index in [1.165, 1.54) is 16.7 Å². The summed E-state index contributed by atoms with van der Waals surface area (Å²) in [5.41, 5.74) is 4.56. The van der Waals surface area contributed by atoms with Gasteiger partial charge in [0, 0.05) is 10.6 Å². The Morgan fingerprint density at radius 1 is 1.00 bits per heavy atom. The Morgan fingerprint density at radius 2 is 1.67 bits per heavy atom. The normalized spacial score (nSPS) is 12.0. The molecule has 2 aromatic carbocycles. The van der Waals surface area contributed by atoms with Crippen molar-refractivity contribution in [3.8, 4) is 0 Å². The number of carbonyl (C=O) groups is 1. The van der Waals surface area contributed by atoms with E-state index in [1.54, 1.807) is 11.8 Å². The average molecular weight is 299 g/mol. The Morgan fingerprint density at radius 3 is 2.29 bits per heavy atom. The van der Waals surface area contributed by atoms with Crippen LogP contribution in [0.25, 0.3) is 0 Å². The highest BCUT2D eigenvalue weighted by Gasteiger charge is 2.14. The van der Waals surface area contributed by atoms with E-state index >= 15 is 0 Å². The summed E-state index contributed by atoms with van der Waals surface area (Å²) in [5.74, 6) is 0.0297. The molecule has 0 saturated carbocycles. The summed E-state index contributed by atoms with van der Waals surface area (Å²) in [7, 11) is 0. The van der Waals surface area contributed by atoms with Crippen LogP contribution in [0.5, 0.6) is 0 Å². The Labute approximate surface area is 131 Å². The molecule has 0 saturated heterocycles. The summed E-state index contributed by atoms with van der Waals surface area (Å²) in [6.45, 7) is 8.15. The molecule has 1 N–H and O–H groups in total. The van der Waals surface area contributed by atoms with E-state index in [4.69, 9.17) is 0 Å². The number of carbonyl (C=O) groups excluding carboxylic acids is 1. The first-order valence-electron chi connectivity index (χ1n) is 7.07. The van der Waals surface area contributed by atoms with E-state index in [1.807, 2.05) is 38.1 Å². The van der Waals surface area contributed by atoms with Crippen molar-refractivity contribution in [2.24, 2.45) is 0 Å². The van der Waals surface area contributed by atoms with Crippen LogP contribution in [0.3, 0.4) is 0 Å². The summed E-state index contributed by atoms with van der Waals surface area (Å²) < 4.78 is 0. The van der Waals surface area contributed by atoms with Crippen LogP contribution in [0.15, 0.2) is 47.4 Å². The lowest BCUT2D eigenvalue weighted by atomic mass is 10.1. The van der Waals surface area contributed by atoms with Gasteiger partial charge in [-0.15, -0.1) is 11.8 Å². The third kappa shape index (κ3) is 4.36. The molecule has 2 aromatic rings. The molecule has 0 aromatic heterocycles. The maximum atomic E-state index is 12.2. The summed E-state index contributed by atoms with van der Waals surface area (Å²) >= 11 is 1.58. The minimum Gasteiger partial charge on any atom is -0.325 e. The SMILES string of the molecule is Cc1ccc(NC(=O)[C@H](C)Sc2ccc(C)c(C)c2)cc1. The number of hydrogen-bond acceptors (Lipinski definition) is 2. The van der Waals surface area contributed by atoms with Crippen LogP contribution >= 0.6 is 11.8 Å². The lowest BCUT2D eigenvalue weighted by Gasteiger charge is -2.13. The molecule has 0 aliphatic carbocycles. The second-order valence-corrected chi connectivity index (χ2v) is 6.78. The first-order chi connectivity index (χ1) is 9.95. The Hall–Kier alpha value is -1.74. The Balaban J connectivity index is 1.98. The quantitative estimate of drug-likeness (QED) is 0.827. The number of nitrogens with one attached hydrogen (secondary N) is 1. The van der Waals surface area contributed by atoms with Crippen LogP contribution in [0, 0.1) is 20.8 Å². The van der Waals surface area contributed by atoms with E-state index in [9.17, 15) is 4.79 Å². The second kappa shape index (κ2) is 6.81. The van der Waals surface area contributed by atoms with Gasteiger partial charge in [0.05, 0.1) is 5.25 Å². The fraction of sp³-hybridized carbons (Fsp3) is 0.278. The van der Waals surface area contributed by atoms with Gasteiger partial charge in [0.25, 0.3) is 0 Å². The monoisotopic (exact) mass is 299 g/mol. The minimum absolute atomic E-state index is 0.0297. The van der Waals surface area contributed by atoms with Crippen molar-refractivity contribution < 1.29 is 4.79 Å². The molecule has 0 fully saturated rings. The Kier molecular flexibility index (Phi) is 5.07. The predicted octanol–water partition coefficient (Wildman–Crippen LogP) is 4.73. The predicted molar refractivity (Wildman–Crippen MR) is 91.0 cm³/mol. The smallest absolute Gasteiger partial charge is 0.237 e. The van der Waals surface area contributed by atoms with Gasteiger partial charge in [-0.3, -0.25) is 4.79 Å². The molecule has 0 aliphatic rings. The molecule has 0 spiro atoms. The molecular weight excluding hydrogens is 278 g/mol. The highest BCUT2D eigenvalue weighted by Crippen LogP contribution is 2.26. The van der Waals surface area contributed by atoms with Crippen molar-refractivity contribution in [3.05, 3.63) is 59.2 Å². The van der Waals surface area contributed by atoms with Crippen molar-refractivity contribution in [2.75, 3.05) is 5.32 Å². The molecule has 21 heavy (non-hydrogen) atoms. The van der Waals surface area contributed by atoms with E-state index < -0.39 is 0 Å². The van der Waals surface area contributed by atoms with E-state index in [0.717, 1.165) is 10.6 Å². The molecule has 0 radical (unpaired) electrons. The lowest BCUT2D eigenvalue weighted by Crippen LogP contribution is -2.22. The number of hydrogen-bond donors (Lipinski definition) is 1. The zero-order valence-electron chi connectivity index (χ0n) is 12.9. The summed E-state index contributed by atoms with van der Waals surface area (Å²) in [6.07, 6.45) is 0. The van der Waals surface area contributed by atoms with Gasteiger partial charge >= 0.3 is 0 Å². The topological polar surface area (TPSA) is 29.1 Å². The Bertz CT molecular complexity index is 634. The third-order valence-corrected chi connectivity index (χ3v) is 4.57. The summed E-state index contributed by atoms with van der Waals surface area (Å²) in [4.78, 5) is 13.4. The highest BCUT2D eigenvalue weighted by molar-refractivity contribution is 8.00. The standard InChI is InChI=1S/C18H21NOS/c1-12-5-8-16(9-6-12)19-18(20)15(4)21-17-10-7-13(2)14(3)11-17/h5-11,15H,1-4H3,(H,19,20)/t15-/m0/s1. The van der Waals surface area contributed by atoms with Crippen LogP contribution in [0.1, 0.15) is 23.6 Å². The van der Waals surface area contributed by atoms with Crippen LogP contribution < -0.4 is 5.32 Å². The zero-order valence-corrected chi connectivity index (χ0v) is 13.8. The largest absolute Gasteiger partial charge is 0.325 e. The molecule has 110 valence electrons. The highest BCUT2D eigenvalue weighted by atomic mass is 32.2. The van der Waals surface area contributed by atoms with Crippen LogP contribution in [0.4, 0.5) is 5.69 Å². The van der Waals surface area contributed by atoms with Crippen molar-refractivity contribution in [1.82, 2.24) is 0 Å². The molecule has 1 amide bonds. The van der Waals surface area contributed by atoms with E-state index in [2.05, 4.69) is 37.4 Å². The van der Waals surface area contributed by atoms with Gasteiger partial charge in [0.15, 0.2) is 0 Å². The molecule has 0 aliphatic heterocycles. The van der Waals surface area contributed by atoms with Gasteiger partial charge < -0.3 is 5.32 Å². The molecule has 0 unspecified atom stereocenters. The van der Waals surface area contributed by atoms with Gasteiger partial charge in [-0.25, -0.2) is 0 Å². The first-order valence-corrected chi connectivity index (χ1v) is 7.95. The maximum absolute atomic E-state index is 12.2. The number of thioether (sulfide) groups is 1. The summed E-state index contributed by atoms with van der Waals surface area (Å²) in [5, 5.41) is 2.82. The fourth-order valence-corrected chi connectivity index (χ4v) is 2.89. The molecule has 0 heterocycles. The van der Waals surface area contributed by atoms with E-state index in [0.29, 0.717) is 0 Å². The maximum Gasteiger partial charge on any atom is 0.237 e. The first kappa shape index (κ1) is 15.6. The number of rotatable bonds is 4. The molecule has 1 atom stereocenters. The minimum atomic E-state index is -0.131. The molecular formula is C18H21NOS. The van der Waals surface area contributed by atoms with Crippen LogP contribution in [-0.2, 0) is 4.79 Å². The number of aryl methyl sites for hydroxylation is 3. The van der Waals surface area contributed by atoms with Gasteiger partial charge in [-0.05, 0) is 63.1 Å². The van der Waals surface area contributed by atoms with Gasteiger partial charge in [-0.2, -0.15) is 0 Å². The molecule has 3 heteroatoms. The fourth-order valence-electron chi connectivity index (χ4n) is 1.93. The van der Waals surface area contributed by atoms with Crippen molar-refractivity contribution in [1.29, 1.82) is 0 Å². The molecule has 0 bridgehead atoms. The van der Waals surface area contributed by atoms with Gasteiger partial charge in [0.2, 0.25) is 5.91 Å². The lowest BCUT2D eigenvalue weighted by molar-refractivity contribution is -0.115. The van der Waals surface area contributed by atoms with Crippen molar-refractivity contribution in [2.45, 2.75) is 37.8 Å². The number of anilines is 1. The van der Waals surface area contributed by atoms with Gasteiger partial charge in [-0.1, -0.05) is 23.8 Å². The molecule has 2 nitrogen and oxygen atoms in total. The van der Waals surface area contributed by atoms with E-state index in [-0.39, 0.29) is 11.2 Å². The number of amides is 1. The van der Waals surface area contributed by atoms with Crippen molar-refractivity contribution >= 4 is 23.4 Å². The van der Waals surface area contributed by atoms with Gasteiger partial charge in [0.1, 0.15) is 0 Å². The second-order valence-electron chi connectivity index (χ2n) is 5.36. The zero-order chi connectivity index (χ0) is 15.4. The third-order valence-electron chi connectivity index (χ3n) is 3.48. The van der Waals surface area contributed by atoms with Crippen LogP contribution in [0.2, 0.25) is 0 Å². The average Bonchev–Trinajstić information content (AvgIpc) is 2.45.